The molecule has 0 saturated carbocycles. The third-order valence-corrected chi connectivity index (χ3v) is 5.03. The number of aromatic nitrogens is 2. The average Bonchev–Trinajstić information content (AvgIpc) is 3.05. The number of ether oxygens (including phenoxy) is 2. The zero-order chi connectivity index (χ0) is 19.7. The number of nitrogens with zero attached hydrogens (tertiary/aromatic N) is 1. The van der Waals surface area contributed by atoms with Gasteiger partial charge in [0.2, 0.25) is 0 Å². The molecule has 0 unspecified atom stereocenters. The third-order valence-electron chi connectivity index (χ3n) is 5.03. The lowest BCUT2D eigenvalue weighted by Gasteiger charge is -2.16. The van der Waals surface area contributed by atoms with E-state index in [-0.39, 0.29) is 13.0 Å². The molecule has 28 heavy (non-hydrogen) atoms. The van der Waals surface area contributed by atoms with E-state index in [1.807, 2.05) is 18.2 Å². The molecule has 1 aromatic heterocycles. The summed E-state index contributed by atoms with van der Waals surface area (Å²) in [6, 6.07) is 14.3. The van der Waals surface area contributed by atoms with Crippen molar-refractivity contribution < 1.29 is 14.6 Å². The first kappa shape index (κ1) is 18.6. The van der Waals surface area contributed by atoms with Crippen molar-refractivity contribution >= 4 is 10.8 Å². The van der Waals surface area contributed by atoms with Crippen LogP contribution in [0.4, 0.5) is 0 Å². The van der Waals surface area contributed by atoms with E-state index >= 15 is 0 Å². The highest BCUT2D eigenvalue weighted by molar-refractivity contribution is 5.82. The topological polar surface area (TPSA) is 93.6 Å². The highest BCUT2D eigenvalue weighted by atomic mass is 16.6. The number of aromatic amines is 1. The molecule has 2 aromatic carbocycles. The van der Waals surface area contributed by atoms with Crippen molar-refractivity contribution in [3.05, 3.63) is 80.6 Å². The predicted octanol–water partition coefficient (Wildman–Crippen LogP) is 1.86. The third kappa shape index (κ3) is 3.77. The Kier molecular flexibility index (Phi) is 5.13. The summed E-state index contributed by atoms with van der Waals surface area (Å²) in [7, 11) is 0. The van der Waals surface area contributed by atoms with Crippen LogP contribution >= 0.6 is 0 Å². The molecule has 146 valence electrons. The van der Waals surface area contributed by atoms with E-state index in [2.05, 4.69) is 29.2 Å². The molecule has 7 nitrogen and oxygen atoms in total. The number of fused-ring (bicyclic) bond motifs is 1. The Morgan fingerprint density at radius 1 is 1.21 bits per heavy atom. The second-order valence-electron chi connectivity index (χ2n) is 7.11. The lowest BCUT2D eigenvalue weighted by molar-refractivity contribution is -0.0667. The normalized spacial score (nSPS) is 22.0. The Hall–Kier alpha value is -2.74. The first-order valence-electron chi connectivity index (χ1n) is 9.22. The quantitative estimate of drug-likeness (QED) is 0.703. The van der Waals surface area contributed by atoms with Gasteiger partial charge in [0.25, 0.3) is 5.56 Å². The molecule has 2 heterocycles. The van der Waals surface area contributed by atoms with E-state index in [0.717, 1.165) is 10.9 Å². The standard InChI is InChI=1S/C21H22N2O5/c1-13-10-23(21(26)22-20(13)25)19-9-17(24)18(28-19)12-27-11-14-6-7-15-4-2-3-5-16(15)8-14/h2-8,10,17-19,24H,9,11-12H2,1H3,(H,22,25,26)/t17-,18+,19+/m0/s1. The summed E-state index contributed by atoms with van der Waals surface area (Å²) in [4.78, 5) is 25.8. The number of hydrogen-bond acceptors (Lipinski definition) is 5. The van der Waals surface area contributed by atoms with Gasteiger partial charge in [0, 0.05) is 18.2 Å². The SMILES string of the molecule is Cc1cn([C@H]2C[C@H](O)[C@@H](COCc3ccc4ccccc4c3)O2)c(=O)[nH]c1=O. The minimum absolute atomic E-state index is 0.210. The van der Waals surface area contributed by atoms with Gasteiger partial charge in [-0.15, -0.1) is 0 Å². The maximum atomic E-state index is 12.0. The van der Waals surface area contributed by atoms with Gasteiger partial charge in [-0.1, -0.05) is 36.4 Å². The van der Waals surface area contributed by atoms with Crippen LogP contribution < -0.4 is 11.2 Å². The van der Waals surface area contributed by atoms with E-state index in [1.54, 1.807) is 6.92 Å². The summed E-state index contributed by atoms with van der Waals surface area (Å²) in [5.74, 6) is 0. The van der Waals surface area contributed by atoms with Gasteiger partial charge in [0.1, 0.15) is 12.3 Å². The minimum atomic E-state index is -0.749. The molecule has 0 spiro atoms. The minimum Gasteiger partial charge on any atom is -0.390 e. The van der Waals surface area contributed by atoms with E-state index < -0.39 is 29.7 Å². The van der Waals surface area contributed by atoms with Gasteiger partial charge in [-0.25, -0.2) is 4.79 Å². The van der Waals surface area contributed by atoms with Crippen molar-refractivity contribution in [3.63, 3.8) is 0 Å². The fourth-order valence-corrected chi connectivity index (χ4v) is 3.46. The Labute approximate surface area is 161 Å². The zero-order valence-corrected chi connectivity index (χ0v) is 15.5. The fraction of sp³-hybridized carbons (Fsp3) is 0.333. The molecule has 0 amide bonds. The second-order valence-corrected chi connectivity index (χ2v) is 7.11. The number of benzene rings is 2. The van der Waals surface area contributed by atoms with Gasteiger partial charge in [-0.2, -0.15) is 0 Å². The van der Waals surface area contributed by atoms with Crippen molar-refractivity contribution in [3.8, 4) is 0 Å². The summed E-state index contributed by atoms with van der Waals surface area (Å²) >= 11 is 0. The number of aliphatic hydroxyl groups is 1. The maximum Gasteiger partial charge on any atom is 0.330 e. The van der Waals surface area contributed by atoms with Gasteiger partial charge in [-0.3, -0.25) is 14.3 Å². The molecule has 0 aliphatic carbocycles. The molecule has 7 heteroatoms. The number of aliphatic hydroxyl groups excluding tert-OH is 1. The smallest absolute Gasteiger partial charge is 0.330 e. The molecule has 3 aromatic rings. The highest BCUT2D eigenvalue weighted by Gasteiger charge is 2.35. The molecular weight excluding hydrogens is 360 g/mol. The Morgan fingerprint density at radius 3 is 2.82 bits per heavy atom. The summed E-state index contributed by atoms with van der Waals surface area (Å²) in [6.45, 7) is 2.23. The van der Waals surface area contributed by atoms with Crippen LogP contribution in [0.3, 0.4) is 0 Å². The van der Waals surface area contributed by atoms with Crippen LogP contribution in [-0.2, 0) is 16.1 Å². The van der Waals surface area contributed by atoms with E-state index in [9.17, 15) is 14.7 Å². The van der Waals surface area contributed by atoms with Crippen LogP contribution in [0.1, 0.15) is 23.8 Å². The Morgan fingerprint density at radius 2 is 2.00 bits per heavy atom. The number of hydrogen-bond donors (Lipinski definition) is 2. The van der Waals surface area contributed by atoms with Crippen molar-refractivity contribution in [1.82, 2.24) is 9.55 Å². The van der Waals surface area contributed by atoms with Crippen LogP contribution in [0.5, 0.6) is 0 Å². The second kappa shape index (κ2) is 7.71. The van der Waals surface area contributed by atoms with Crippen LogP contribution in [0.25, 0.3) is 10.8 Å². The molecule has 1 fully saturated rings. The molecule has 3 atom stereocenters. The van der Waals surface area contributed by atoms with Crippen molar-refractivity contribution in [2.75, 3.05) is 6.61 Å². The van der Waals surface area contributed by atoms with Crippen LogP contribution in [0.15, 0.2) is 58.3 Å². The van der Waals surface area contributed by atoms with Crippen molar-refractivity contribution in [2.45, 2.75) is 38.4 Å². The molecule has 1 aliphatic heterocycles. The van der Waals surface area contributed by atoms with Crippen LogP contribution in [-0.4, -0.2) is 33.5 Å². The first-order valence-corrected chi connectivity index (χ1v) is 9.22. The number of nitrogens with one attached hydrogen (secondary N) is 1. The maximum absolute atomic E-state index is 12.0. The summed E-state index contributed by atoms with van der Waals surface area (Å²) in [5, 5.41) is 12.6. The lowest BCUT2D eigenvalue weighted by atomic mass is 10.1. The lowest BCUT2D eigenvalue weighted by Crippen LogP contribution is -2.33. The van der Waals surface area contributed by atoms with E-state index in [0.29, 0.717) is 12.2 Å². The molecule has 2 N–H and O–H groups in total. The van der Waals surface area contributed by atoms with E-state index in [1.165, 1.54) is 16.2 Å². The monoisotopic (exact) mass is 382 g/mol. The first-order chi connectivity index (χ1) is 13.5. The Bertz CT molecular complexity index is 1100. The van der Waals surface area contributed by atoms with Crippen LogP contribution in [0, 0.1) is 6.92 Å². The van der Waals surface area contributed by atoms with Crippen LogP contribution in [0.2, 0.25) is 0 Å². The summed E-state index contributed by atoms with van der Waals surface area (Å²) in [5.41, 5.74) is 0.476. The average molecular weight is 382 g/mol. The van der Waals surface area contributed by atoms with Crippen molar-refractivity contribution in [2.24, 2.45) is 0 Å². The fourth-order valence-electron chi connectivity index (χ4n) is 3.46. The summed E-state index contributed by atoms with van der Waals surface area (Å²) in [6.07, 6.45) is -0.204. The van der Waals surface area contributed by atoms with Gasteiger partial charge < -0.3 is 14.6 Å². The number of H-pyrrole nitrogens is 1. The van der Waals surface area contributed by atoms with Gasteiger partial charge in [0.05, 0.1) is 19.3 Å². The number of rotatable bonds is 5. The summed E-state index contributed by atoms with van der Waals surface area (Å²) < 4.78 is 12.9. The van der Waals surface area contributed by atoms with Gasteiger partial charge in [0.15, 0.2) is 0 Å². The molecule has 0 bridgehead atoms. The zero-order valence-electron chi connectivity index (χ0n) is 15.5. The van der Waals surface area contributed by atoms with E-state index in [4.69, 9.17) is 9.47 Å². The molecule has 4 rings (SSSR count). The molecular formula is C21H22N2O5. The largest absolute Gasteiger partial charge is 0.390 e. The van der Waals surface area contributed by atoms with Crippen molar-refractivity contribution in [1.29, 1.82) is 0 Å². The molecule has 1 aliphatic rings. The Balaban J connectivity index is 1.38. The predicted molar refractivity (Wildman–Crippen MR) is 104 cm³/mol. The number of aryl methyl sites for hydroxylation is 1. The molecule has 1 saturated heterocycles. The van der Waals surface area contributed by atoms with Gasteiger partial charge in [-0.05, 0) is 29.3 Å². The highest BCUT2D eigenvalue weighted by Crippen LogP contribution is 2.28. The molecule has 0 radical (unpaired) electrons. The van der Waals surface area contributed by atoms with Gasteiger partial charge >= 0.3 is 5.69 Å².